The Balaban J connectivity index is 1.61. The first-order chi connectivity index (χ1) is 13.7. The molecule has 1 aliphatic rings. The second-order valence-electron chi connectivity index (χ2n) is 6.91. The highest BCUT2D eigenvalue weighted by Gasteiger charge is 2.24. The molecule has 0 saturated heterocycles. The van der Waals surface area contributed by atoms with Crippen LogP contribution in [0.5, 0.6) is 5.75 Å². The van der Waals surface area contributed by atoms with Crippen molar-refractivity contribution in [2.45, 2.75) is 13.0 Å². The fourth-order valence-electron chi connectivity index (χ4n) is 3.66. The topological polar surface area (TPSA) is 52.0 Å². The molecule has 0 radical (unpaired) electrons. The molecule has 0 spiro atoms. The van der Waals surface area contributed by atoms with Gasteiger partial charge in [0, 0.05) is 5.70 Å². The maximum atomic E-state index is 5.30. The maximum absolute atomic E-state index is 5.30. The Morgan fingerprint density at radius 3 is 2.54 bits per heavy atom. The zero-order valence-electron chi connectivity index (χ0n) is 15.8. The van der Waals surface area contributed by atoms with Gasteiger partial charge >= 0.3 is 0 Å². The molecule has 5 nitrogen and oxygen atoms in total. The van der Waals surface area contributed by atoms with Crippen molar-refractivity contribution in [3.8, 4) is 5.75 Å². The molecule has 0 amide bonds. The number of benzene rings is 3. The fourth-order valence-corrected chi connectivity index (χ4v) is 3.66. The van der Waals surface area contributed by atoms with E-state index < -0.39 is 0 Å². The quantitative estimate of drug-likeness (QED) is 0.564. The minimum atomic E-state index is -0.0372. The standard InChI is InChI=1S/C23H20N4O/c1-15-24-23-25-21(19-8-7-16-5-3-4-6-18(16)13-19)14-22(27(23)26-15)17-9-11-20(28-2)12-10-17/h3-14,22H,1-2H3,(H,24,25,26). The van der Waals surface area contributed by atoms with E-state index in [1.54, 1.807) is 7.11 Å². The van der Waals surface area contributed by atoms with Crippen LogP contribution in [0.4, 0.5) is 5.95 Å². The fraction of sp³-hybridized carbons (Fsp3) is 0.130. The van der Waals surface area contributed by atoms with Crippen molar-refractivity contribution in [3.63, 3.8) is 0 Å². The van der Waals surface area contributed by atoms with Crippen molar-refractivity contribution in [1.29, 1.82) is 0 Å². The van der Waals surface area contributed by atoms with E-state index in [1.165, 1.54) is 10.8 Å². The molecule has 1 atom stereocenters. The summed E-state index contributed by atoms with van der Waals surface area (Å²) >= 11 is 0. The molecule has 5 rings (SSSR count). The second kappa shape index (κ2) is 6.53. The third kappa shape index (κ3) is 2.81. The minimum absolute atomic E-state index is 0.0372. The average molecular weight is 368 g/mol. The zero-order chi connectivity index (χ0) is 19.1. The Morgan fingerprint density at radius 1 is 0.964 bits per heavy atom. The predicted octanol–water partition coefficient (Wildman–Crippen LogP) is 4.80. The first-order valence-corrected chi connectivity index (χ1v) is 9.26. The normalized spacial score (nSPS) is 15.6. The molecule has 2 heterocycles. The number of nitrogens with zero attached hydrogens (tertiary/aromatic N) is 3. The Hall–Kier alpha value is -3.60. The van der Waals surface area contributed by atoms with Crippen LogP contribution >= 0.6 is 0 Å². The summed E-state index contributed by atoms with van der Waals surface area (Å²) in [6.07, 6.45) is 2.20. The molecule has 1 unspecified atom stereocenters. The van der Waals surface area contributed by atoms with Gasteiger partial charge in [0.05, 0.1) is 7.11 Å². The molecule has 5 heteroatoms. The molecule has 0 bridgehead atoms. The van der Waals surface area contributed by atoms with Gasteiger partial charge in [-0.05, 0) is 53.1 Å². The van der Waals surface area contributed by atoms with Gasteiger partial charge in [0.15, 0.2) is 0 Å². The van der Waals surface area contributed by atoms with Crippen LogP contribution in [0.1, 0.15) is 23.0 Å². The van der Waals surface area contributed by atoms with Gasteiger partial charge in [-0.25, -0.2) is 4.68 Å². The molecule has 1 aliphatic heterocycles. The Bertz CT molecular complexity index is 1190. The SMILES string of the molecule is COc1ccc(C2C=C(c3ccc4ccccc4c3)Nc3nc(C)nn32)cc1. The van der Waals surface area contributed by atoms with Crippen molar-refractivity contribution < 1.29 is 4.74 Å². The van der Waals surface area contributed by atoms with Crippen LogP contribution in [0.2, 0.25) is 0 Å². The van der Waals surface area contributed by atoms with Crippen molar-refractivity contribution >= 4 is 22.4 Å². The lowest BCUT2D eigenvalue weighted by Gasteiger charge is -2.24. The van der Waals surface area contributed by atoms with Crippen LogP contribution in [-0.4, -0.2) is 21.9 Å². The summed E-state index contributed by atoms with van der Waals surface area (Å²) < 4.78 is 7.23. The van der Waals surface area contributed by atoms with E-state index in [1.807, 2.05) is 23.7 Å². The van der Waals surface area contributed by atoms with Gasteiger partial charge in [0.1, 0.15) is 17.6 Å². The predicted molar refractivity (Wildman–Crippen MR) is 111 cm³/mol. The number of methoxy groups -OCH3 is 1. The molecular formula is C23H20N4O. The average Bonchev–Trinajstić information content (AvgIpc) is 3.13. The molecule has 4 aromatic rings. The molecule has 0 aliphatic carbocycles. The van der Waals surface area contributed by atoms with E-state index in [0.717, 1.165) is 34.3 Å². The third-order valence-electron chi connectivity index (χ3n) is 5.09. The summed E-state index contributed by atoms with van der Waals surface area (Å²) in [7, 11) is 1.68. The van der Waals surface area contributed by atoms with Gasteiger partial charge in [-0.3, -0.25) is 0 Å². The summed E-state index contributed by atoms with van der Waals surface area (Å²) in [4.78, 5) is 4.57. The first kappa shape index (κ1) is 16.6. The summed E-state index contributed by atoms with van der Waals surface area (Å²) in [5, 5.41) is 10.5. The van der Waals surface area contributed by atoms with Gasteiger partial charge < -0.3 is 10.1 Å². The monoisotopic (exact) mass is 368 g/mol. The van der Waals surface area contributed by atoms with Crippen LogP contribution in [0.15, 0.2) is 72.8 Å². The van der Waals surface area contributed by atoms with Crippen molar-refractivity contribution in [1.82, 2.24) is 14.8 Å². The lowest BCUT2D eigenvalue weighted by Crippen LogP contribution is -2.20. The van der Waals surface area contributed by atoms with Crippen molar-refractivity contribution in [2.75, 3.05) is 12.4 Å². The summed E-state index contributed by atoms with van der Waals surface area (Å²) in [5.74, 6) is 2.34. The van der Waals surface area contributed by atoms with Crippen LogP contribution in [0.25, 0.3) is 16.5 Å². The number of nitrogens with one attached hydrogen (secondary N) is 1. The Morgan fingerprint density at radius 2 is 1.75 bits per heavy atom. The van der Waals surface area contributed by atoms with E-state index >= 15 is 0 Å². The molecule has 3 aromatic carbocycles. The number of rotatable bonds is 3. The minimum Gasteiger partial charge on any atom is -0.497 e. The highest BCUT2D eigenvalue weighted by atomic mass is 16.5. The van der Waals surface area contributed by atoms with E-state index in [9.17, 15) is 0 Å². The van der Waals surface area contributed by atoms with E-state index in [-0.39, 0.29) is 6.04 Å². The molecule has 1 aromatic heterocycles. The molecule has 28 heavy (non-hydrogen) atoms. The van der Waals surface area contributed by atoms with Crippen LogP contribution in [-0.2, 0) is 0 Å². The number of hydrogen-bond acceptors (Lipinski definition) is 4. The summed E-state index contributed by atoms with van der Waals surface area (Å²) in [5.41, 5.74) is 3.29. The van der Waals surface area contributed by atoms with Gasteiger partial charge in [-0.1, -0.05) is 48.5 Å². The second-order valence-corrected chi connectivity index (χ2v) is 6.91. The summed E-state index contributed by atoms with van der Waals surface area (Å²) in [6.45, 7) is 1.91. The lowest BCUT2D eigenvalue weighted by atomic mass is 10.00. The van der Waals surface area contributed by atoms with E-state index in [0.29, 0.717) is 0 Å². The van der Waals surface area contributed by atoms with Gasteiger partial charge in [-0.2, -0.15) is 10.1 Å². The van der Waals surface area contributed by atoms with Gasteiger partial charge in [0.2, 0.25) is 5.95 Å². The summed E-state index contributed by atoms with van der Waals surface area (Å²) in [6, 6.07) is 23.0. The highest BCUT2D eigenvalue weighted by molar-refractivity contribution is 5.88. The van der Waals surface area contributed by atoms with E-state index in [2.05, 4.69) is 76.1 Å². The van der Waals surface area contributed by atoms with Gasteiger partial charge in [0.25, 0.3) is 0 Å². The Labute approximate surface area is 163 Å². The highest BCUT2D eigenvalue weighted by Crippen LogP contribution is 2.33. The first-order valence-electron chi connectivity index (χ1n) is 9.26. The molecule has 0 fully saturated rings. The largest absolute Gasteiger partial charge is 0.497 e. The number of aryl methyl sites for hydroxylation is 1. The number of hydrogen-bond donors (Lipinski definition) is 1. The Kier molecular flexibility index (Phi) is 3.86. The van der Waals surface area contributed by atoms with Crippen LogP contribution < -0.4 is 10.1 Å². The third-order valence-corrected chi connectivity index (χ3v) is 5.09. The number of anilines is 1. The molecular weight excluding hydrogens is 348 g/mol. The maximum Gasteiger partial charge on any atom is 0.226 e. The number of aromatic nitrogens is 3. The van der Waals surface area contributed by atoms with Crippen LogP contribution in [0, 0.1) is 6.92 Å². The van der Waals surface area contributed by atoms with Crippen molar-refractivity contribution in [2.24, 2.45) is 0 Å². The zero-order valence-corrected chi connectivity index (χ0v) is 15.8. The molecule has 1 N–H and O–H groups in total. The number of fused-ring (bicyclic) bond motifs is 2. The smallest absolute Gasteiger partial charge is 0.226 e. The number of allylic oxidation sites excluding steroid dienone is 1. The lowest BCUT2D eigenvalue weighted by molar-refractivity contribution is 0.414. The van der Waals surface area contributed by atoms with Crippen LogP contribution in [0.3, 0.4) is 0 Å². The van der Waals surface area contributed by atoms with E-state index in [4.69, 9.17) is 4.74 Å². The number of ether oxygens (including phenoxy) is 1. The van der Waals surface area contributed by atoms with Gasteiger partial charge in [-0.15, -0.1) is 0 Å². The molecule has 0 saturated carbocycles. The van der Waals surface area contributed by atoms with Crippen molar-refractivity contribution in [3.05, 3.63) is 89.8 Å². The molecule has 138 valence electrons.